The number of carbonyl (C=O) groups is 1. The molecule has 0 radical (unpaired) electrons. The second-order valence-electron chi connectivity index (χ2n) is 7.87. The number of nitrogens with one attached hydrogen (secondary N) is 1. The molecule has 1 N–H and O–H groups in total. The van der Waals surface area contributed by atoms with Crippen molar-refractivity contribution in [2.45, 2.75) is 32.4 Å². The van der Waals surface area contributed by atoms with Crippen molar-refractivity contribution < 1.29 is 4.79 Å². The molecule has 0 aliphatic rings. The molecule has 0 saturated carbocycles. The Morgan fingerprint density at radius 3 is 2.16 bits per heavy atom. The van der Waals surface area contributed by atoms with E-state index in [0.717, 1.165) is 16.7 Å². The Balaban J connectivity index is 1.56. The first-order valence-corrected chi connectivity index (χ1v) is 10.4. The number of aromatic nitrogens is 2. The number of para-hydroxylation sites is 1. The summed E-state index contributed by atoms with van der Waals surface area (Å²) in [5.74, 6) is -0.133. The molecular weight excluding hydrogens is 386 g/mol. The predicted molar refractivity (Wildman–Crippen MR) is 123 cm³/mol. The fourth-order valence-electron chi connectivity index (χ4n) is 3.91. The number of carbonyl (C=O) groups excluding carboxylic acids is 1. The van der Waals surface area contributed by atoms with Crippen molar-refractivity contribution in [2.24, 2.45) is 0 Å². The van der Waals surface area contributed by atoms with Crippen molar-refractivity contribution in [3.05, 3.63) is 112 Å². The SMILES string of the molecule is Cc1cccc2c(=O)n(CCC(=O)NC(C)(c3ccccc3)c3ccccc3)cnc12. The van der Waals surface area contributed by atoms with Gasteiger partial charge in [0.15, 0.2) is 0 Å². The van der Waals surface area contributed by atoms with E-state index in [9.17, 15) is 9.59 Å². The van der Waals surface area contributed by atoms with Crippen molar-refractivity contribution in [3.63, 3.8) is 0 Å². The number of hydrogen-bond donors (Lipinski definition) is 1. The van der Waals surface area contributed by atoms with E-state index in [1.165, 1.54) is 10.9 Å². The van der Waals surface area contributed by atoms with Gasteiger partial charge in [0.1, 0.15) is 0 Å². The minimum atomic E-state index is -0.677. The summed E-state index contributed by atoms with van der Waals surface area (Å²) < 4.78 is 1.50. The monoisotopic (exact) mass is 411 g/mol. The van der Waals surface area contributed by atoms with Crippen molar-refractivity contribution in [1.29, 1.82) is 0 Å². The summed E-state index contributed by atoms with van der Waals surface area (Å²) in [6, 6.07) is 25.3. The van der Waals surface area contributed by atoms with Crippen LogP contribution in [0.2, 0.25) is 0 Å². The van der Waals surface area contributed by atoms with Crippen LogP contribution in [0.4, 0.5) is 0 Å². The zero-order chi connectivity index (χ0) is 21.8. The highest BCUT2D eigenvalue weighted by atomic mass is 16.2. The third-order valence-electron chi connectivity index (χ3n) is 5.73. The van der Waals surface area contributed by atoms with Gasteiger partial charge in [-0.25, -0.2) is 4.98 Å². The zero-order valence-corrected chi connectivity index (χ0v) is 17.7. The van der Waals surface area contributed by atoms with Gasteiger partial charge in [-0.05, 0) is 36.6 Å². The highest BCUT2D eigenvalue weighted by molar-refractivity contribution is 5.80. The molecule has 5 heteroatoms. The Labute approximate surface area is 181 Å². The fraction of sp³-hybridized carbons (Fsp3) is 0.192. The number of benzene rings is 3. The average molecular weight is 412 g/mol. The first kappa shape index (κ1) is 20.5. The molecule has 3 aromatic carbocycles. The van der Waals surface area contributed by atoms with Crippen LogP contribution in [-0.4, -0.2) is 15.5 Å². The lowest BCUT2D eigenvalue weighted by atomic mass is 9.84. The summed E-state index contributed by atoms with van der Waals surface area (Å²) in [4.78, 5) is 30.2. The summed E-state index contributed by atoms with van der Waals surface area (Å²) in [6.07, 6.45) is 1.70. The van der Waals surface area contributed by atoms with Crippen LogP contribution >= 0.6 is 0 Å². The minimum absolute atomic E-state index is 0.129. The maximum absolute atomic E-state index is 13.0. The molecule has 1 amide bonds. The third-order valence-corrected chi connectivity index (χ3v) is 5.73. The Morgan fingerprint density at radius 2 is 1.55 bits per heavy atom. The maximum Gasteiger partial charge on any atom is 0.261 e. The van der Waals surface area contributed by atoms with Crippen LogP contribution < -0.4 is 10.9 Å². The summed E-state index contributed by atoms with van der Waals surface area (Å²) in [7, 11) is 0. The van der Waals surface area contributed by atoms with E-state index in [4.69, 9.17) is 0 Å². The number of nitrogens with zero attached hydrogens (tertiary/aromatic N) is 2. The van der Waals surface area contributed by atoms with E-state index in [-0.39, 0.29) is 24.4 Å². The molecule has 0 spiro atoms. The molecule has 1 aromatic heterocycles. The van der Waals surface area contributed by atoms with E-state index in [0.29, 0.717) is 10.9 Å². The molecule has 0 aliphatic heterocycles. The van der Waals surface area contributed by atoms with Gasteiger partial charge in [-0.2, -0.15) is 0 Å². The first-order valence-electron chi connectivity index (χ1n) is 10.4. The van der Waals surface area contributed by atoms with Gasteiger partial charge in [-0.1, -0.05) is 72.8 Å². The molecule has 0 saturated heterocycles. The van der Waals surface area contributed by atoms with Crippen molar-refractivity contribution in [1.82, 2.24) is 14.9 Å². The van der Waals surface area contributed by atoms with E-state index in [1.807, 2.05) is 86.6 Å². The fourth-order valence-corrected chi connectivity index (χ4v) is 3.91. The van der Waals surface area contributed by atoms with Crippen molar-refractivity contribution in [2.75, 3.05) is 0 Å². The van der Waals surface area contributed by atoms with Gasteiger partial charge in [0.2, 0.25) is 5.91 Å². The third kappa shape index (κ3) is 4.12. The Bertz CT molecular complexity index is 1220. The van der Waals surface area contributed by atoms with Crippen LogP contribution in [0, 0.1) is 6.92 Å². The predicted octanol–water partition coefficient (Wildman–Crippen LogP) is 4.17. The Hall–Kier alpha value is -3.73. The standard InChI is InChI=1S/C26H25N3O2/c1-19-10-9-15-22-24(19)27-18-29(25(22)31)17-16-23(30)28-26(2,20-11-5-3-6-12-20)21-13-7-4-8-14-21/h3-15,18H,16-17H2,1-2H3,(H,28,30). The highest BCUT2D eigenvalue weighted by Crippen LogP contribution is 2.29. The van der Waals surface area contributed by atoms with Crippen LogP contribution in [0.3, 0.4) is 0 Å². The molecule has 5 nitrogen and oxygen atoms in total. The van der Waals surface area contributed by atoms with Gasteiger partial charge in [0.05, 0.1) is 22.8 Å². The normalized spacial score (nSPS) is 11.4. The van der Waals surface area contributed by atoms with Gasteiger partial charge in [0, 0.05) is 13.0 Å². The van der Waals surface area contributed by atoms with Crippen molar-refractivity contribution >= 4 is 16.8 Å². The van der Waals surface area contributed by atoms with Gasteiger partial charge in [0.25, 0.3) is 5.56 Å². The van der Waals surface area contributed by atoms with E-state index >= 15 is 0 Å². The van der Waals surface area contributed by atoms with E-state index in [1.54, 1.807) is 6.07 Å². The molecule has 0 aliphatic carbocycles. The minimum Gasteiger partial charge on any atom is -0.343 e. The van der Waals surface area contributed by atoms with E-state index in [2.05, 4.69) is 10.3 Å². The first-order chi connectivity index (χ1) is 15.0. The average Bonchev–Trinajstić information content (AvgIpc) is 2.80. The highest BCUT2D eigenvalue weighted by Gasteiger charge is 2.30. The molecule has 156 valence electrons. The molecule has 0 unspecified atom stereocenters. The molecule has 0 atom stereocenters. The topological polar surface area (TPSA) is 64.0 Å². The van der Waals surface area contributed by atoms with Crippen LogP contribution in [0.25, 0.3) is 10.9 Å². The largest absolute Gasteiger partial charge is 0.343 e. The number of hydrogen-bond acceptors (Lipinski definition) is 3. The smallest absolute Gasteiger partial charge is 0.261 e. The summed E-state index contributed by atoms with van der Waals surface area (Å²) >= 11 is 0. The van der Waals surface area contributed by atoms with Crippen LogP contribution in [0.1, 0.15) is 30.0 Å². The van der Waals surface area contributed by atoms with E-state index < -0.39 is 5.54 Å². The molecule has 4 rings (SSSR count). The summed E-state index contributed by atoms with van der Waals surface area (Å²) in [5.41, 5.74) is 2.85. The number of aryl methyl sites for hydroxylation is 2. The van der Waals surface area contributed by atoms with Gasteiger partial charge in [-0.3, -0.25) is 14.2 Å². The molecule has 0 bridgehead atoms. The maximum atomic E-state index is 13.0. The van der Waals surface area contributed by atoms with Gasteiger partial charge in [-0.15, -0.1) is 0 Å². The molecule has 31 heavy (non-hydrogen) atoms. The lowest BCUT2D eigenvalue weighted by Gasteiger charge is -2.32. The quantitative estimate of drug-likeness (QED) is 0.518. The van der Waals surface area contributed by atoms with Gasteiger partial charge < -0.3 is 5.32 Å². The molecule has 4 aromatic rings. The Morgan fingerprint density at radius 1 is 0.935 bits per heavy atom. The van der Waals surface area contributed by atoms with Gasteiger partial charge >= 0.3 is 0 Å². The summed E-state index contributed by atoms with van der Waals surface area (Å²) in [6.45, 7) is 4.20. The Kier molecular flexibility index (Phi) is 5.67. The van der Waals surface area contributed by atoms with Crippen LogP contribution in [-0.2, 0) is 16.9 Å². The van der Waals surface area contributed by atoms with Crippen molar-refractivity contribution in [3.8, 4) is 0 Å². The number of rotatable bonds is 6. The summed E-state index contributed by atoms with van der Waals surface area (Å²) in [5, 5.41) is 3.76. The lowest BCUT2D eigenvalue weighted by molar-refractivity contribution is -0.122. The lowest BCUT2D eigenvalue weighted by Crippen LogP contribution is -2.44. The molecule has 1 heterocycles. The van der Waals surface area contributed by atoms with Crippen LogP contribution in [0.5, 0.6) is 0 Å². The van der Waals surface area contributed by atoms with Crippen LogP contribution in [0.15, 0.2) is 90.0 Å². The molecular formula is C26H25N3O2. The second kappa shape index (κ2) is 8.56. The number of amides is 1. The number of fused-ring (bicyclic) bond motifs is 1. The zero-order valence-electron chi connectivity index (χ0n) is 17.7. The molecule has 0 fully saturated rings. The second-order valence-corrected chi connectivity index (χ2v) is 7.87.